The van der Waals surface area contributed by atoms with Gasteiger partial charge in [0.15, 0.2) is 0 Å². The predicted octanol–water partition coefficient (Wildman–Crippen LogP) is 5.43. The van der Waals surface area contributed by atoms with Crippen LogP contribution >= 0.6 is 15.9 Å². The zero-order valence-corrected chi connectivity index (χ0v) is 26.4. The van der Waals surface area contributed by atoms with E-state index in [-0.39, 0.29) is 23.8 Å². The van der Waals surface area contributed by atoms with Crippen LogP contribution in [-0.2, 0) is 32.6 Å². The van der Waals surface area contributed by atoms with Crippen LogP contribution in [0, 0.1) is 0 Å². The molecule has 2 amide bonds. The van der Waals surface area contributed by atoms with Gasteiger partial charge in [-0.2, -0.15) is 0 Å². The number of likely N-dealkylation sites (N-methyl/N-ethyl adjacent to an activating group) is 1. The van der Waals surface area contributed by atoms with E-state index in [2.05, 4.69) is 21.2 Å². The molecule has 224 valence electrons. The van der Waals surface area contributed by atoms with Gasteiger partial charge in [0.1, 0.15) is 18.3 Å². The molecule has 0 radical (unpaired) electrons. The number of anilines is 1. The molecule has 0 saturated heterocycles. The number of amides is 2. The van der Waals surface area contributed by atoms with Crippen LogP contribution in [-0.4, -0.2) is 51.4 Å². The molecule has 4 aromatic rings. The summed E-state index contributed by atoms with van der Waals surface area (Å²) in [4.78, 5) is 29.1. The number of nitrogens with one attached hydrogen (secondary N) is 1. The topological polar surface area (TPSA) is 96.0 Å². The van der Waals surface area contributed by atoms with E-state index in [1.807, 2.05) is 61.5 Å². The Balaban J connectivity index is 1.77. The summed E-state index contributed by atoms with van der Waals surface area (Å²) in [5.74, 6) is -0.308. The summed E-state index contributed by atoms with van der Waals surface area (Å²) in [5.41, 5.74) is 1.94. The van der Waals surface area contributed by atoms with Gasteiger partial charge >= 0.3 is 0 Å². The van der Waals surface area contributed by atoms with E-state index in [4.69, 9.17) is 4.74 Å². The lowest BCUT2D eigenvalue weighted by molar-refractivity contribution is -0.139. The zero-order chi connectivity index (χ0) is 30.8. The molecule has 0 aromatic heterocycles. The van der Waals surface area contributed by atoms with Crippen molar-refractivity contribution in [2.45, 2.75) is 30.8 Å². The molecular weight excluding hydrogens is 630 g/mol. The second-order valence-electron chi connectivity index (χ2n) is 9.72. The maximum absolute atomic E-state index is 14.3. The van der Waals surface area contributed by atoms with Crippen LogP contribution in [0.4, 0.5) is 5.69 Å². The highest BCUT2D eigenvalue weighted by Gasteiger charge is 2.34. The van der Waals surface area contributed by atoms with Crippen molar-refractivity contribution in [3.05, 3.63) is 125 Å². The Bertz CT molecular complexity index is 1620. The molecule has 4 rings (SSSR count). The summed E-state index contributed by atoms with van der Waals surface area (Å²) in [5, 5.41) is 2.69. The van der Waals surface area contributed by atoms with Gasteiger partial charge in [0.2, 0.25) is 11.8 Å². The van der Waals surface area contributed by atoms with E-state index in [1.165, 1.54) is 24.1 Å². The van der Waals surface area contributed by atoms with Crippen LogP contribution in [0.2, 0.25) is 0 Å². The fourth-order valence-corrected chi connectivity index (χ4v) is 6.56. The molecule has 0 aliphatic carbocycles. The third kappa shape index (κ3) is 8.24. The number of sulfonamides is 1. The summed E-state index contributed by atoms with van der Waals surface area (Å²) in [6, 6.07) is 30.5. The molecule has 0 aliphatic rings. The van der Waals surface area contributed by atoms with E-state index in [0.717, 1.165) is 19.9 Å². The van der Waals surface area contributed by atoms with Gasteiger partial charge in [-0.15, -0.1) is 0 Å². The molecule has 1 atom stereocenters. The quantitative estimate of drug-likeness (QED) is 0.206. The molecular formula is C33H34BrN3O5S. The molecule has 8 nitrogen and oxygen atoms in total. The van der Waals surface area contributed by atoms with Crippen LogP contribution in [0.5, 0.6) is 5.75 Å². The maximum Gasteiger partial charge on any atom is 0.264 e. The number of hydrogen-bond donors (Lipinski definition) is 1. The zero-order valence-electron chi connectivity index (χ0n) is 24.0. The summed E-state index contributed by atoms with van der Waals surface area (Å²) in [6.07, 6.45) is 0.245. The van der Waals surface area contributed by atoms with Crippen LogP contribution in [0.25, 0.3) is 0 Å². The first-order chi connectivity index (χ1) is 20.7. The Labute approximate surface area is 261 Å². The number of carbonyl (C=O) groups is 2. The van der Waals surface area contributed by atoms with Gasteiger partial charge in [-0.05, 0) is 66.6 Å². The Hall–Kier alpha value is -4.15. The summed E-state index contributed by atoms with van der Waals surface area (Å²) in [7, 11) is -2.64. The Kier molecular flexibility index (Phi) is 11.0. The minimum absolute atomic E-state index is 0.0439. The van der Waals surface area contributed by atoms with Gasteiger partial charge in [0.05, 0.1) is 17.2 Å². The smallest absolute Gasteiger partial charge is 0.264 e. The van der Waals surface area contributed by atoms with Crippen LogP contribution < -0.4 is 14.4 Å². The van der Waals surface area contributed by atoms with Gasteiger partial charge in [0, 0.05) is 24.5 Å². The first kappa shape index (κ1) is 31.8. The summed E-state index contributed by atoms with van der Waals surface area (Å²) >= 11 is 3.48. The van der Waals surface area contributed by atoms with Crippen molar-refractivity contribution < 1.29 is 22.7 Å². The van der Waals surface area contributed by atoms with Crippen molar-refractivity contribution in [1.82, 2.24) is 10.2 Å². The van der Waals surface area contributed by atoms with Crippen molar-refractivity contribution in [2.75, 3.05) is 24.5 Å². The van der Waals surface area contributed by atoms with E-state index in [9.17, 15) is 18.0 Å². The van der Waals surface area contributed by atoms with Gasteiger partial charge in [-0.25, -0.2) is 8.42 Å². The van der Waals surface area contributed by atoms with Crippen LogP contribution in [0.1, 0.15) is 18.1 Å². The van der Waals surface area contributed by atoms with Crippen molar-refractivity contribution >= 4 is 43.5 Å². The number of nitrogens with zero attached hydrogens (tertiary/aromatic N) is 2. The molecule has 0 saturated carbocycles. The van der Waals surface area contributed by atoms with E-state index >= 15 is 0 Å². The molecule has 0 aliphatic heterocycles. The van der Waals surface area contributed by atoms with Crippen molar-refractivity contribution in [3.8, 4) is 5.75 Å². The highest BCUT2D eigenvalue weighted by molar-refractivity contribution is 9.10. The molecule has 0 fully saturated rings. The van der Waals surface area contributed by atoms with Crippen molar-refractivity contribution in [3.63, 3.8) is 0 Å². The average molecular weight is 665 g/mol. The molecule has 1 N–H and O–H groups in total. The predicted molar refractivity (Wildman–Crippen MR) is 171 cm³/mol. The maximum atomic E-state index is 14.3. The molecule has 4 aromatic carbocycles. The van der Waals surface area contributed by atoms with Crippen LogP contribution in [0.15, 0.2) is 119 Å². The molecule has 0 bridgehead atoms. The Morgan fingerprint density at radius 1 is 0.860 bits per heavy atom. The minimum atomic E-state index is -4.16. The van der Waals surface area contributed by atoms with Crippen LogP contribution in [0.3, 0.4) is 0 Å². The standard InChI is InChI=1S/C33H34BrN3O5S/c1-3-42-29-19-17-28(18-20-29)37(43(40,41)30-15-8-5-9-16-30)24-32(38)36(23-26-13-10-14-27(34)21-26)31(33(39)35-2)22-25-11-6-4-7-12-25/h4-21,31H,3,22-24H2,1-2H3,(H,35,39). The second kappa shape index (κ2) is 14.8. The number of halogens is 1. The second-order valence-corrected chi connectivity index (χ2v) is 12.5. The van der Waals surface area contributed by atoms with Crippen molar-refractivity contribution in [2.24, 2.45) is 0 Å². The SMILES string of the molecule is CCOc1ccc(N(CC(=O)N(Cc2cccc(Br)c2)C(Cc2ccccc2)C(=O)NC)S(=O)(=O)c2ccccc2)cc1. The largest absolute Gasteiger partial charge is 0.494 e. The molecule has 0 spiro atoms. The highest BCUT2D eigenvalue weighted by Crippen LogP contribution is 2.27. The molecule has 10 heteroatoms. The third-order valence-electron chi connectivity index (χ3n) is 6.81. The number of ether oxygens (including phenoxy) is 1. The van der Waals surface area contributed by atoms with Gasteiger partial charge < -0.3 is 15.0 Å². The van der Waals surface area contributed by atoms with E-state index in [0.29, 0.717) is 18.0 Å². The lowest BCUT2D eigenvalue weighted by atomic mass is 10.0. The summed E-state index contributed by atoms with van der Waals surface area (Å²) < 4.78 is 35.4. The lowest BCUT2D eigenvalue weighted by Crippen LogP contribution is -2.53. The Morgan fingerprint density at radius 3 is 2.09 bits per heavy atom. The van der Waals surface area contributed by atoms with E-state index < -0.39 is 28.5 Å². The first-order valence-corrected chi connectivity index (χ1v) is 16.1. The number of rotatable bonds is 13. The normalized spacial score (nSPS) is 11.8. The molecule has 43 heavy (non-hydrogen) atoms. The van der Waals surface area contributed by atoms with Gasteiger partial charge in [-0.3, -0.25) is 13.9 Å². The minimum Gasteiger partial charge on any atom is -0.494 e. The lowest BCUT2D eigenvalue weighted by Gasteiger charge is -2.33. The van der Waals surface area contributed by atoms with Gasteiger partial charge in [0.25, 0.3) is 10.0 Å². The highest BCUT2D eigenvalue weighted by atomic mass is 79.9. The molecule has 1 unspecified atom stereocenters. The fourth-order valence-electron chi connectivity index (χ4n) is 4.68. The molecule has 0 heterocycles. The monoisotopic (exact) mass is 663 g/mol. The third-order valence-corrected chi connectivity index (χ3v) is 9.09. The fraction of sp³-hybridized carbons (Fsp3) is 0.212. The van der Waals surface area contributed by atoms with Gasteiger partial charge in [-0.1, -0.05) is 76.6 Å². The Morgan fingerprint density at radius 2 is 1.49 bits per heavy atom. The average Bonchev–Trinajstić information content (AvgIpc) is 3.02. The summed E-state index contributed by atoms with van der Waals surface area (Å²) in [6.45, 7) is 1.88. The van der Waals surface area contributed by atoms with Crippen molar-refractivity contribution in [1.29, 1.82) is 0 Å². The number of benzene rings is 4. The first-order valence-electron chi connectivity index (χ1n) is 13.8. The van der Waals surface area contributed by atoms with E-state index in [1.54, 1.807) is 42.5 Å². The number of carbonyl (C=O) groups excluding carboxylic acids is 2. The number of hydrogen-bond acceptors (Lipinski definition) is 5.